The summed E-state index contributed by atoms with van der Waals surface area (Å²) >= 11 is 0. The number of hydrogen-bond acceptors (Lipinski definition) is 8. The predicted octanol–water partition coefficient (Wildman–Crippen LogP) is 3.75. The van der Waals surface area contributed by atoms with Crippen LogP contribution in [0.1, 0.15) is 55.4 Å². The molecule has 198 valence electrons. The van der Waals surface area contributed by atoms with Gasteiger partial charge in [-0.2, -0.15) is 0 Å². The van der Waals surface area contributed by atoms with Crippen molar-refractivity contribution in [2.24, 2.45) is 0 Å². The van der Waals surface area contributed by atoms with Gasteiger partial charge >= 0.3 is 13.2 Å². The zero-order valence-electron chi connectivity index (χ0n) is 22.9. The van der Waals surface area contributed by atoms with E-state index in [1.165, 1.54) is 14.0 Å². The number of rotatable bonds is 8. The van der Waals surface area contributed by atoms with E-state index in [4.69, 9.17) is 24.2 Å². The van der Waals surface area contributed by atoms with E-state index in [1.807, 2.05) is 27.7 Å². The Labute approximate surface area is 207 Å². The van der Waals surface area contributed by atoms with Crippen molar-refractivity contribution >= 4 is 37.3 Å². The minimum atomic E-state index is -4.14. The van der Waals surface area contributed by atoms with Crippen LogP contribution < -0.4 is 0 Å². The molecule has 0 aromatic heterocycles. The van der Waals surface area contributed by atoms with Crippen molar-refractivity contribution in [2.45, 2.75) is 103 Å². The molecule has 1 saturated heterocycles. The van der Waals surface area contributed by atoms with Crippen LogP contribution >= 0.6 is 0 Å². The Morgan fingerprint density at radius 1 is 1.12 bits per heavy atom. The second-order valence-corrected chi connectivity index (χ2v) is 19.9. The first kappa shape index (κ1) is 30.9. The Morgan fingerprint density at radius 2 is 1.59 bits per heavy atom. The number of ether oxygens (including phenoxy) is 2. The Morgan fingerprint density at radius 3 is 2.00 bits per heavy atom. The third-order valence-electron chi connectivity index (χ3n) is 5.89. The molecule has 0 aliphatic carbocycles. The van der Waals surface area contributed by atoms with Gasteiger partial charge in [0, 0.05) is 21.7 Å². The zero-order valence-corrected chi connectivity index (χ0v) is 24.8. The van der Waals surface area contributed by atoms with Crippen LogP contribution in [0.3, 0.4) is 0 Å². The van der Waals surface area contributed by atoms with Gasteiger partial charge < -0.3 is 18.8 Å². The fourth-order valence-electron chi connectivity index (χ4n) is 2.81. The van der Waals surface area contributed by atoms with Gasteiger partial charge in [0.15, 0.2) is 0 Å². The standard InChI is InChI=1S/C21H44BN3O7SSi/c1-16(22-31-20(5,6)21(7,8)32-22)33(27,28)24(9)17(23)25(18(26)30-19(2,3)4)15-29-13-14-34(10,11)12/h16,23H,13-15H2,1-12H3. The Kier molecular flexibility index (Phi) is 9.50. The van der Waals surface area contributed by atoms with E-state index in [0.29, 0.717) is 6.61 Å². The third kappa shape index (κ3) is 7.94. The number of carbonyl (C=O) groups is 1. The lowest BCUT2D eigenvalue weighted by atomic mass is 9.85. The number of nitrogens with zero attached hydrogens (tertiary/aromatic N) is 2. The van der Waals surface area contributed by atoms with Crippen molar-refractivity contribution in [1.29, 1.82) is 5.41 Å². The lowest BCUT2D eigenvalue weighted by Crippen LogP contribution is -2.53. The quantitative estimate of drug-likeness (QED) is 0.170. The summed E-state index contributed by atoms with van der Waals surface area (Å²) in [5.74, 6) is -0.578. The van der Waals surface area contributed by atoms with E-state index in [2.05, 4.69) is 19.6 Å². The number of carbonyl (C=O) groups excluding carboxylic acids is 1. The molecule has 34 heavy (non-hydrogen) atoms. The molecule has 0 aromatic carbocycles. The van der Waals surface area contributed by atoms with Crippen LogP contribution in [-0.2, 0) is 28.8 Å². The molecule has 1 atom stereocenters. The molecule has 1 fully saturated rings. The fourth-order valence-corrected chi connectivity index (χ4v) is 4.80. The second-order valence-electron chi connectivity index (χ2n) is 11.9. The van der Waals surface area contributed by atoms with Gasteiger partial charge in [-0.05, 0) is 61.4 Å². The summed E-state index contributed by atoms with van der Waals surface area (Å²) in [7, 11) is -5.33. The number of amides is 1. The van der Waals surface area contributed by atoms with Crippen LogP contribution in [0.4, 0.5) is 4.79 Å². The third-order valence-corrected chi connectivity index (χ3v) is 9.69. The van der Waals surface area contributed by atoms with Gasteiger partial charge in [-0.15, -0.1) is 0 Å². The molecule has 0 saturated carbocycles. The van der Waals surface area contributed by atoms with Gasteiger partial charge in [0.2, 0.25) is 16.0 Å². The van der Waals surface area contributed by atoms with E-state index in [1.54, 1.807) is 20.8 Å². The molecule has 1 unspecified atom stereocenters. The minimum Gasteiger partial charge on any atom is -0.443 e. The average molecular weight is 522 g/mol. The van der Waals surface area contributed by atoms with E-state index >= 15 is 0 Å². The molecule has 0 aromatic rings. The highest BCUT2D eigenvalue weighted by atomic mass is 32.2. The van der Waals surface area contributed by atoms with Crippen molar-refractivity contribution in [3.8, 4) is 0 Å². The molecule has 1 N–H and O–H groups in total. The number of sulfonamides is 1. The summed E-state index contributed by atoms with van der Waals surface area (Å²) in [6.45, 7) is 20.6. The molecule has 13 heteroatoms. The van der Waals surface area contributed by atoms with E-state index in [0.717, 1.165) is 15.2 Å². The smallest absolute Gasteiger partial charge is 0.443 e. The first-order valence-electron chi connectivity index (χ1n) is 11.5. The van der Waals surface area contributed by atoms with Gasteiger partial charge in [-0.3, -0.25) is 5.41 Å². The highest BCUT2D eigenvalue weighted by molar-refractivity contribution is 7.91. The van der Waals surface area contributed by atoms with Crippen molar-refractivity contribution in [3.63, 3.8) is 0 Å². The molecule has 1 aliphatic heterocycles. The lowest BCUT2D eigenvalue weighted by Gasteiger charge is -2.32. The maximum atomic E-state index is 13.4. The normalized spacial score (nSPS) is 19.0. The largest absolute Gasteiger partial charge is 0.478 e. The molecule has 0 radical (unpaired) electrons. The highest BCUT2D eigenvalue weighted by Gasteiger charge is 2.56. The van der Waals surface area contributed by atoms with Crippen LogP contribution in [-0.4, -0.2) is 87.2 Å². The van der Waals surface area contributed by atoms with Crippen LogP contribution in [0.5, 0.6) is 0 Å². The highest BCUT2D eigenvalue weighted by Crippen LogP contribution is 2.38. The van der Waals surface area contributed by atoms with Crippen LogP contribution in [0.25, 0.3) is 0 Å². The minimum absolute atomic E-state index is 0.303. The summed E-state index contributed by atoms with van der Waals surface area (Å²) < 4.78 is 50.3. The maximum absolute atomic E-state index is 13.4. The summed E-state index contributed by atoms with van der Waals surface area (Å²) in [4.78, 5) is 13.7. The zero-order chi connectivity index (χ0) is 26.9. The summed E-state index contributed by atoms with van der Waals surface area (Å²) in [6, 6.07) is 0.857. The summed E-state index contributed by atoms with van der Waals surface area (Å²) in [6.07, 6.45) is -0.865. The molecular weight excluding hydrogens is 477 g/mol. The second kappa shape index (κ2) is 10.5. The SMILES string of the molecule is CC(B1OC(C)(C)C(C)(C)O1)S(=O)(=O)N(C)C(=N)N(COCC[Si](C)(C)C)C(=O)OC(C)(C)C. The van der Waals surface area contributed by atoms with Gasteiger partial charge in [-0.1, -0.05) is 19.6 Å². The van der Waals surface area contributed by atoms with Crippen LogP contribution in [0.2, 0.25) is 25.7 Å². The Balaban J connectivity index is 3.08. The van der Waals surface area contributed by atoms with Crippen molar-refractivity contribution in [2.75, 3.05) is 20.4 Å². The molecule has 1 amide bonds. The van der Waals surface area contributed by atoms with Crippen molar-refractivity contribution in [3.05, 3.63) is 0 Å². The molecular formula is C21H44BN3O7SSi. The van der Waals surface area contributed by atoms with E-state index in [-0.39, 0.29) is 6.73 Å². The summed E-state index contributed by atoms with van der Waals surface area (Å²) in [5.41, 5.74) is -2.25. The van der Waals surface area contributed by atoms with Gasteiger partial charge in [0.05, 0.1) is 11.2 Å². The summed E-state index contributed by atoms with van der Waals surface area (Å²) in [5, 5.41) is 7.41. The monoisotopic (exact) mass is 521 g/mol. The molecule has 1 aliphatic rings. The number of nitrogens with one attached hydrogen (secondary N) is 1. The molecule has 1 heterocycles. The van der Waals surface area contributed by atoms with Gasteiger partial charge in [-0.25, -0.2) is 22.4 Å². The average Bonchev–Trinajstić information content (AvgIpc) is 2.84. The predicted molar refractivity (Wildman–Crippen MR) is 137 cm³/mol. The topological polar surface area (TPSA) is 118 Å². The van der Waals surface area contributed by atoms with E-state index < -0.39 is 59.2 Å². The fraction of sp³-hybridized carbons (Fsp3) is 0.905. The first-order valence-corrected chi connectivity index (χ1v) is 16.7. The number of hydrogen-bond donors (Lipinski definition) is 1. The van der Waals surface area contributed by atoms with Gasteiger partial charge in [0.25, 0.3) is 0 Å². The first-order chi connectivity index (χ1) is 15.0. The van der Waals surface area contributed by atoms with Gasteiger partial charge in [0.1, 0.15) is 17.5 Å². The molecule has 0 bridgehead atoms. The Bertz CT molecular complexity index is 837. The van der Waals surface area contributed by atoms with Crippen LogP contribution in [0, 0.1) is 5.41 Å². The van der Waals surface area contributed by atoms with Crippen LogP contribution in [0.15, 0.2) is 0 Å². The van der Waals surface area contributed by atoms with Crippen molar-refractivity contribution < 1.29 is 32.0 Å². The van der Waals surface area contributed by atoms with E-state index in [9.17, 15) is 13.2 Å². The molecule has 1 rings (SSSR count). The molecule has 0 spiro atoms. The maximum Gasteiger partial charge on any atom is 0.478 e. The number of guanidine groups is 1. The lowest BCUT2D eigenvalue weighted by molar-refractivity contribution is 0.00578. The Hall–Kier alpha value is -1.15. The molecule has 10 nitrogen and oxygen atoms in total. The van der Waals surface area contributed by atoms with Crippen molar-refractivity contribution in [1.82, 2.24) is 9.21 Å².